The van der Waals surface area contributed by atoms with Crippen LogP contribution < -0.4 is 16.4 Å². The molecule has 148 valence electrons. The van der Waals surface area contributed by atoms with E-state index in [2.05, 4.69) is 26.6 Å². The number of unbranched alkanes of at least 4 members (excludes halogenated alkanes) is 1. The number of piperidine rings is 1. The van der Waals surface area contributed by atoms with E-state index in [-0.39, 0.29) is 11.8 Å². The lowest BCUT2D eigenvalue weighted by Crippen LogP contribution is -2.40. The topological polar surface area (TPSA) is 82.8 Å². The zero-order valence-electron chi connectivity index (χ0n) is 16.4. The van der Waals surface area contributed by atoms with E-state index in [4.69, 9.17) is 5.73 Å². The van der Waals surface area contributed by atoms with Crippen molar-refractivity contribution in [1.29, 1.82) is 0 Å². The standard InChI is InChI=1S/C20H37N5O/c1-22-20(24-13-9-17-7-3-2-4-8-17)23-12-5-6-14-25-15-10-18(11-16-25)19(21)26/h7,18H,2-6,8-16H2,1H3,(H2,21,26)(H2,22,23,24). The van der Waals surface area contributed by atoms with Crippen LogP contribution in [0.3, 0.4) is 0 Å². The number of guanidine groups is 1. The molecule has 1 aliphatic carbocycles. The molecule has 0 bridgehead atoms. The molecule has 1 aliphatic heterocycles. The monoisotopic (exact) mass is 363 g/mol. The van der Waals surface area contributed by atoms with E-state index in [0.29, 0.717) is 0 Å². The minimum atomic E-state index is -0.132. The van der Waals surface area contributed by atoms with Gasteiger partial charge in [0.15, 0.2) is 5.96 Å². The number of nitrogens with one attached hydrogen (secondary N) is 2. The van der Waals surface area contributed by atoms with Gasteiger partial charge in [-0.1, -0.05) is 11.6 Å². The Labute approximate surface area is 158 Å². The molecular formula is C20H37N5O. The molecule has 1 saturated heterocycles. The number of allylic oxidation sites excluding steroid dienone is 1. The normalized spacial score (nSPS) is 19.9. The van der Waals surface area contributed by atoms with Crippen LogP contribution in [0.25, 0.3) is 0 Å². The van der Waals surface area contributed by atoms with Gasteiger partial charge in [0.05, 0.1) is 0 Å². The van der Waals surface area contributed by atoms with E-state index in [0.717, 1.165) is 70.8 Å². The summed E-state index contributed by atoms with van der Waals surface area (Å²) >= 11 is 0. The number of rotatable bonds is 9. The largest absolute Gasteiger partial charge is 0.369 e. The maximum atomic E-state index is 11.2. The second-order valence-corrected chi connectivity index (χ2v) is 7.51. The zero-order valence-corrected chi connectivity index (χ0v) is 16.4. The van der Waals surface area contributed by atoms with Crippen molar-refractivity contribution < 1.29 is 4.79 Å². The highest BCUT2D eigenvalue weighted by Crippen LogP contribution is 2.19. The predicted octanol–water partition coefficient (Wildman–Crippen LogP) is 2.02. The van der Waals surface area contributed by atoms with Crippen LogP contribution >= 0.6 is 0 Å². The molecule has 0 aromatic carbocycles. The molecule has 0 aromatic rings. The minimum absolute atomic E-state index is 0.0895. The molecule has 0 radical (unpaired) electrons. The van der Waals surface area contributed by atoms with Crippen molar-refractivity contribution in [1.82, 2.24) is 15.5 Å². The molecule has 0 unspecified atom stereocenters. The lowest BCUT2D eigenvalue weighted by molar-refractivity contribution is -0.123. The van der Waals surface area contributed by atoms with Crippen LogP contribution in [0, 0.1) is 5.92 Å². The molecule has 1 fully saturated rings. The van der Waals surface area contributed by atoms with Gasteiger partial charge in [0.2, 0.25) is 5.91 Å². The van der Waals surface area contributed by atoms with Crippen LogP contribution in [-0.4, -0.2) is 56.5 Å². The summed E-state index contributed by atoms with van der Waals surface area (Å²) in [4.78, 5) is 17.9. The maximum absolute atomic E-state index is 11.2. The van der Waals surface area contributed by atoms with Gasteiger partial charge in [-0.05, 0) is 77.4 Å². The average molecular weight is 364 g/mol. The molecule has 0 saturated carbocycles. The quantitative estimate of drug-likeness (QED) is 0.253. The molecule has 2 aliphatic rings. The third-order valence-electron chi connectivity index (χ3n) is 5.53. The van der Waals surface area contributed by atoms with Gasteiger partial charge in [-0.25, -0.2) is 0 Å². The first-order valence-corrected chi connectivity index (χ1v) is 10.3. The molecular weight excluding hydrogens is 326 g/mol. The van der Waals surface area contributed by atoms with Gasteiger partial charge in [-0.15, -0.1) is 0 Å². The molecule has 6 nitrogen and oxygen atoms in total. The van der Waals surface area contributed by atoms with Crippen LogP contribution in [0.15, 0.2) is 16.6 Å². The fourth-order valence-corrected chi connectivity index (χ4v) is 3.80. The van der Waals surface area contributed by atoms with Crippen LogP contribution in [0.4, 0.5) is 0 Å². The second-order valence-electron chi connectivity index (χ2n) is 7.51. The SMILES string of the molecule is CN=C(NCCCCN1CCC(C(N)=O)CC1)NCCC1=CCCCC1. The van der Waals surface area contributed by atoms with Gasteiger partial charge in [0.1, 0.15) is 0 Å². The van der Waals surface area contributed by atoms with Gasteiger partial charge in [-0.2, -0.15) is 0 Å². The Hall–Kier alpha value is -1.56. The Balaban J connectivity index is 1.49. The van der Waals surface area contributed by atoms with Gasteiger partial charge in [-0.3, -0.25) is 9.79 Å². The summed E-state index contributed by atoms with van der Waals surface area (Å²) in [7, 11) is 1.83. The van der Waals surface area contributed by atoms with E-state index in [1.165, 1.54) is 25.7 Å². The summed E-state index contributed by atoms with van der Waals surface area (Å²) in [5.41, 5.74) is 6.98. The van der Waals surface area contributed by atoms with Crippen LogP contribution in [0.1, 0.15) is 57.8 Å². The van der Waals surface area contributed by atoms with Gasteiger partial charge < -0.3 is 21.3 Å². The highest BCUT2D eigenvalue weighted by molar-refractivity contribution is 5.79. The number of amides is 1. The van der Waals surface area contributed by atoms with E-state index < -0.39 is 0 Å². The van der Waals surface area contributed by atoms with E-state index in [1.54, 1.807) is 5.57 Å². The number of carbonyl (C=O) groups is 1. The second kappa shape index (κ2) is 11.9. The van der Waals surface area contributed by atoms with E-state index in [9.17, 15) is 4.79 Å². The number of nitrogens with zero attached hydrogens (tertiary/aromatic N) is 2. The molecule has 26 heavy (non-hydrogen) atoms. The predicted molar refractivity (Wildman–Crippen MR) is 108 cm³/mol. The highest BCUT2D eigenvalue weighted by Gasteiger charge is 2.22. The Morgan fingerprint density at radius 1 is 1.23 bits per heavy atom. The van der Waals surface area contributed by atoms with Crippen molar-refractivity contribution in [3.63, 3.8) is 0 Å². The fourth-order valence-electron chi connectivity index (χ4n) is 3.80. The highest BCUT2D eigenvalue weighted by atomic mass is 16.1. The molecule has 1 amide bonds. The summed E-state index contributed by atoms with van der Waals surface area (Å²) in [5.74, 6) is 0.864. The summed E-state index contributed by atoms with van der Waals surface area (Å²) < 4.78 is 0. The lowest BCUT2D eigenvalue weighted by Gasteiger charge is -2.30. The van der Waals surface area contributed by atoms with Crippen molar-refractivity contribution in [2.45, 2.75) is 57.8 Å². The molecule has 1 heterocycles. The van der Waals surface area contributed by atoms with Gasteiger partial charge in [0.25, 0.3) is 0 Å². The summed E-state index contributed by atoms with van der Waals surface area (Å²) in [6, 6.07) is 0. The van der Waals surface area contributed by atoms with Crippen molar-refractivity contribution in [2.75, 3.05) is 39.8 Å². The number of likely N-dealkylation sites (tertiary alicyclic amines) is 1. The van der Waals surface area contributed by atoms with Crippen molar-refractivity contribution in [3.05, 3.63) is 11.6 Å². The maximum Gasteiger partial charge on any atom is 0.220 e. The number of hydrogen-bond acceptors (Lipinski definition) is 3. The Kier molecular flexibility index (Phi) is 9.53. The average Bonchev–Trinajstić information content (AvgIpc) is 2.67. The fraction of sp³-hybridized carbons (Fsp3) is 0.800. The smallest absolute Gasteiger partial charge is 0.220 e. The van der Waals surface area contributed by atoms with Crippen molar-refractivity contribution >= 4 is 11.9 Å². The number of nitrogens with two attached hydrogens (primary N) is 1. The zero-order chi connectivity index (χ0) is 18.6. The first-order valence-electron chi connectivity index (χ1n) is 10.3. The van der Waals surface area contributed by atoms with E-state index >= 15 is 0 Å². The van der Waals surface area contributed by atoms with Gasteiger partial charge >= 0.3 is 0 Å². The van der Waals surface area contributed by atoms with Crippen molar-refractivity contribution in [3.8, 4) is 0 Å². The molecule has 0 aromatic heterocycles. The Morgan fingerprint density at radius 2 is 2.00 bits per heavy atom. The van der Waals surface area contributed by atoms with Gasteiger partial charge in [0, 0.05) is 26.1 Å². The molecule has 0 spiro atoms. The third-order valence-corrected chi connectivity index (χ3v) is 5.53. The number of hydrogen-bond donors (Lipinski definition) is 3. The van der Waals surface area contributed by atoms with Crippen LogP contribution in [0.5, 0.6) is 0 Å². The first-order chi connectivity index (χ1) is 12.7. The van der Waals surface area contributed by atoms with Crippen molar-refractivity contribution in [2.24, 2.45) is 16.6 Å². The summed E-state index contributed by atoms with van der Waals surface area (Å²) in [6.07, 6.45) is 12.9. The molecule has 4 N–H and O–H groups in total. The number of aliphatic imine (C=N–C) groups is 1. The summed E-state index contributed by atoms with van der Waals surface area (Å²) in [6.45, 7) is 5.01. The van der Waals surface area contributed by atoms with Crippen LogP contribution in [0.2, 0.25) is 0 Å². The lowest BCUT2D eigenvalue weighted by atomic mass is 9.96. The third kappa shape index (κ3) is 7.77. The minimum Gasteiger partial charge on any atom is -0.369 e. The molecule has 2 rings (SSSR count). The number of carbonyl (C=O) groups excluding carboxylic acids is 1. The van der Waals surface area contributed by atoms with E-state index in [1.807, 2.05) is 7.05 Å². The molecule has 6 heteroatoms. The number of primary amides is 1. The first kappa shape index (κ1) is 20.7. The summed E-state index contributed by atoms with van der Waals surface area (Å²) in [5, 5.41) is 6.82. The van der Waals surface area contributed by atoms with Crippen LogP contribution in [-0.2, 0) is 4.79 Å². The Morgan fingerprint density at radius 3 is 2.65 bits per heavy atom. The Bertz CT molecular complexity index is 481. The molecule has 0 atom stereocenters.